The van der Waals surface area contributed by atoms with Crippen LogP contribution < -0.4 is 4.74 Å². The number of benzene rings is 1. The second-order valence-electron chi connectivity index (χ2n) is 4.43. The van der Waals surface area contributed by atoms with Gasteiger partial charge in [-0.05, 0) is 37.3 Å². The molecule has 1 aromatic carbocycles. The fraction of sp³-hybridized carbons (Fsp3) is 0.188. The minimum atomic E-state index is -0.519. The van der Waals surface area contributed by atoms with Gasteiger partial charge in [-0.25, -0.2) is 4.79 Å². The molecule has 2 rings (SSSR count). The van der Waals surface area contributed by atoms with Gasteiger partial charge in [-0.15, -0.1) is 0 Å². The highest BCUT2D eigenvalue weighted by Gasteiger charge is 2.19. The quantitative estimate of drug-likeness (QED) is 0.351. The minimum absolute atomic E-state index is 0.117. The van der Waals surface area contributed by atoms with Crippen molar-refractivity contribution in [2.24, 2.45) is 0 Å². The highest BCUT2D eigenvalue weighted by Crippen LogP contribution is 2.34. The first kappa shape index (κ1) is 16.3. The van der Waals surface area contributed by atoms with E-state index >= 15 is 0 Å². The molecule has 0 bridgehead atoms. The maximum atomic E-state index is 11.2. The van der Waals surface area contributed by atoms with Crippen LogP contribution in [0.4, 0.5) is 5.69 Å². The third-order valence-electron chi connectivity index (χ3n) is 2.95. The Hall–Kier alpha value is -3.09. The molecule has 0 atom stereocenters. The van der Waals surface area contributed by atoms with Gasteiger partial charge in [0.2, 0.25) is 0 Å². The number of carbonyl (C=O) groups excluding carboxylic acids is 1. The lowest BCUT2D eigenvalue weighted by Gasteiger charge is -2.05. The van der Waals surface area contributed by atoms with Gasteiger partial charge in [-0.3, -0.25) is 10.1 Å². The third-order valence-corrected chi connectivity index (χ3v) is 2.95. The van der Waals surface area contributed by atoms with Gasteiger partial charge in [0.15, 0.2) is 0 Å². The zero-order valence-corrected chi connectivity index (χ0v) is 12.6. The molecule has 7 heteroatoms. The number of nitro benzene ring substituents is 1. The average Bonchev–Trinajstić information content (AvgIpc) is 3.01. The standard InChI is InChI=1S/C16H15NO6/c1-3-22-12-4-7-13(14(10-12)17(19)20)15-8-5-11(23-15)6-9-16(18)21-2/h4-10H,3H2,1-2H3/b9-6+. The Labute approximate surface area is 132 Å². The van der Waals surface area contributed by atoms with E-state index in [4.69, 9.17) is 9.15 Å². The molecule has 0 fully saturated rings. The van der Waals surface area contributed by atoms with Crippen LogP contribution in [0.2, 0.25) is 0 Å². The summed E-state index contributed by atoms with van der Waals surface area (Å²) in [5, 5.41) is 11.2. The number of hydrogen-bond acceptors (Lipinski definition) is 6. The van der Waals surface area contributed by atoms with Crippen LogP contribution in [0.1, 0.15) is 12.7 Å². The van der Waals surface area contributed by atoms with Crippen LogP contribution in [-0.2, 0) is 9.53 Å². The van der Waals surface area contributed by atoms with Crippen LogP contribution in [0.25, 0.3) is 17.4 Å². The van der Waals surface area contributed by atoms with Crippen molar-refractivity contribution in [1.29, 1.82) is 0 Å². The molecule has 23 heavy (non-hydrogen) atoms. The summed E-state index contributed by atoms with van der Waals surface area (Å²) in [4.78, 5) is 21.8. The Bertz CT molecular complexity index is 747. The van der Waals surface area contributed by atoms with Crippen molar-refractivity contribution in [3.8, 4) is 17.1 Å². The van der Waals surface area contributed by atoms with Crippen molar-refractivity contribution in [2.45, 2.75) is 6.92 Å². The van der Waals surface area contributed by atoms with Crippen molar-refractivity contribution in [3.63, 3.8) is 0 Å². The molecular formula is C16H15NO6. The second-order valence-corrected chi connectivity index (χ2v) is 4.43. The Morgan fingerprint density at radius 1 is 1.35 bits per heavy atom. The van der Waals surface area contributed by atoms with E-state index in [9.17, 15) is 14.9 Å². The number of methoxy groups -OCH3 is 1. The van der Waals surface area contributed by atoms with Crippen LogP contribution in [0.3, 0.4) is 0 Å². The summed E-state index contributed by atoms with van der Waals surface area (Å²) in [6, 6.07) is 7.76. The number of ether oxygens (including phenoxy) is 2. The normalized spacial score (nSPS) is 10.7. The largest absolute Gasteiger partial charge is 0.494 e. The predicted octanol–water partition coefficient (Wildman–Crippen LogP) is 3.44. The molecular weight excluding hydrogens is 302 g/mol. The van der Waals surface area contributed by atoms with Gasteiger partial charge in [0.1, 0.15) is 17.3 Å². The van der Waals surface area contributed by atoms with E-state index in [0.717, 1.165) is 0 Å². The van der Waals surface area contributed by atoms with Crippen LogP contribution in [-0.4, -0.2) is 24.6 Å². The molecule has 0 aliphatic rings. The lowest BCUT2D eigenvalue weighted by atomic mass is 10.1. The second kappa shape index (κ2) is 7.26. The average molecular weight is 317 g/mol. The van der Waals surface area contributed by atoms with Crippen molar-refractivity contribution in [1.82, 2.24) is 0 Å². The first-order valence-electron chi connectivity index (χ1n) is 6.82. The van der Waals surface area contributed by atoms with Crippen molar-refractivity contribution < 1.29 is 23.6 Å². The maximum absolute atomic E-state index is 11.2. The Kier molecular flexibility index (Phi) is 5.14. The monoisotopic (exact) mass is 317 g/mol. The molecule has 7 nitrogen and oxygen atoms in total. The van der Waals surface area contributed by atoms with Gasteiger partial charge in [0.05, 0.1) is 30.3 Å². The number of nitrogens with zero attached hydrogens (tertiary/aromatic N) is 1. The summed E-state index contributed by atoms with van der Waals surface area (Å²) in [7, 11) is 1.27. The molecule has 0 spiro atoms. The molecule has 1 aromatic heterocycles. The molecule has 0 N–H and O–H groups in total. The van der Waals surface area contributed by atoms with E-state index in [1.165, 1.54) is 25.3 Å². The number of hydrogen-bond donors (Lipinski definition) is 0. The maximum Gasteiger partial charge on any atom is 0.330 e. The van der Waals surface area contributed by atoms with Gasteiger partial charge in [-0.1, -0.05) is 0 Å². The van der Waals surface area contributed by atoms with E-state index in [2.05, 4.69) is 4.74 Å². The van der Waals surface area contributed by atoms with Gasteiger partial charge in [0.25, 0.3) is 5.69 Å². The minimum Gasteiger partial charge on any atom is -0.494 e. The van der Waals surface area contributed by atoms with E-state index in [1.54, 1.807) is 31.2 Å². The van der Waals surface area contributed by atoms with E-state index in [0.29, 0.717) is 29.4 Å². The van der Waals surface area contributed by atoms with Crippen LogP contribution in [0.15, 0.2) is 40.8 Å². The Morgan fingerprint density at radius 3 is 2.78 bits per heavy atom. The van der Waals surface area contributed by atoms with Gasteiger partial charge >= 0.3 is 5.97 Å². The van der Waals surface area contributed by atoms with Gasteiger partial charge < -0.3 is 13.9 Å². The molecule has 0 aliphatic heterocycles. The smallest absolute Gasteiger partial charge is 0.330 e. The van der Waals surface area contributed by atoms with Crippen molar-refractivity contribution in [3.05, 3.63) is 52.3 Å². The summed E-state index contributed by atoms with van der Waals surface area (Å²) >= 11 is 0. The third kappa shape index (κ3) is 3.97. The number of furan rings is 1. The Morgan fingerprint density at radius 2 is 2.13 bits per heavy atom. The zero-order chi connectivity index (χ0) is 16.8. The Balaban J connectivity index is 2.35. The summed E-state index contributed by atoms with van der Waals surface area (Å²) in [5.74, 6) is 0.605. The molecule has 1 heterocycles. The summed E-state index contributed by atoms with van der Waals surface area (Å²) in [5.41, 5.74) is 0.213. The van der Waals surface area contributed by atoms with Gasteiger partial charge in [0, 0.05) is 6.08 Å². The van der Waals surface area contributed by atoms with Crippen molar-refractivity contribution >= 4 is 17.7 Å². The van der Waals surface area contributed by atoms with E-state index < -0.39 is 10.9 Å². The topological polar surface area (TPSA) is 91.8 Å². The summed E-state index contributed by atoms with van der Waals surface area (Å²) in [6.07, 6.45) is 2.63. The first-order chi connectivity index (χ1) is 11.0. The number of carbonyl (C=O) groups is 1. The van der Waals surface area contributed by atoms with E-state index in [1.807, 2.05) is 0 Å². The highest BCUT2D eigenvalue weighted by atomic mass is 16.6. The lowest BCUT2D eigenvalue weighted by Crippen LogP contribution is -1.95. The number of esters is 1. The molecule has 2 aromatic rings. The molecule has 0 saturated carbocycles. The summed E-state index contributed by atoms with van der Waals surface area (Å²) < 4.78 is 15.3. The SMILES string of the molecule is CCOc1ccc(-c2ccc(/C=C/C(=O)OC)o2)c([N+](=O)[O-])c1. The molecule has 0 unspecified atom stereocenters. The number of rotatable bonds is 6. The van der Waals surface area contributed by atoms with Crippen molar-refractivity contribution in [2.75, 3.05) is 13.7 Å². The fourth-order valence-electron chi connectivity index (χ4n) is 1.93. The highest BCUT2D eigenvalue weighted by molar-refractivity contribution is 5.86. The molecule has 0 amide bonds. The van der Waals surface area contributed by atoms with Crippen LogP contribution in [0, 0.1) is 10.1 Å². The lowest BCUT2D eigenvalue weighted by molar-refractivity contribution is -0.384. The van der Waals surface area contributed by atoms with Gasteiger partial charge in [-0.2, -0.15) is 0 Å². The number of nitro groups is 1. The zero-order valence-electron chi connectivity index (χ0n) is 12.6. The molecule has 120 valence electrons. The predicted molar refractivity (Wildman–Crippen MR) is 83.0 cm³/mol. The van der Waals surface area contributed by atoms with E-state index in [-0.39, 0.29) is 5.69 Å². The molecule has 0 aliphatic carbocycles. The fourth-order valence-corrected chi connectivity index (χ4v) is 1.93. The first-order valence-corrected chi connectivity index (χ1v) is 6.82. The molecule has 0 saturated heterocycles. The summed E-state index contributed by atoms with van der Waals surface area (Å²) in [6.45, 7) is 2.21. The van der Waals surface area contributed by atoms with Crippen LogP contribution >= 0.6 is 0 Å². The molecule has 0 radical (unpaired) electrons. The van der Waals surface area contributed by atoms with Crippen LogP contribution in [0.5, 0.6) is 5.75 Å².